The first-order valence-corrected chi connectivity index (χ1v) is 10.7. The number of aliphatic hydroxyl groups excluding tert-OH is 1. The van der Waals surface area contributed by atoms with Crippen molar-refractivity contribution in [2.24, 2.45) is 0 Å². The molecular weight excluding hydrogens is 418 g/mol. The maximum atomic E-state index is 13.2. The van der Waals surface area contributed by atoms with Gasteiger partial charge >= 0.3 is 0 Å². The monoisotopic (exact) mass is 445 g/mol. The Morgan fingerprint density at radius 1 is 0.848 bits per heavy atom. The Labute approximate surface area is 193 Å². The van der Waals surface area contributed by atoms with Gasteiger partial charge in [0, 0.05) is 12.1 Å². The standard InChI is InChI=1S/C27H27NO5/c1-31-21-12-10-19(11-13-21)24-25(20-7-5-4-6-8-20)28(27(30)26(24)29)16-15-18-9-14-22(32-2)23(17-18)33-3/h4-14,17,25,29H,15-16H2,1-3H3. The second kappa shape index (κ2) is 9.69. The quantitative estimate of drug-likeness (QED) is 0.539. The highest BCUT2D eigenvalue weighted by atomic mass is 16.5. The van der Waals surface area contributed by atoms with Crippen molar-refractivity contribution in [1.82, 2.24) is 4.90 Å². The molecule has 0 aromatic heterocycles. The minimum absolute atomic E-state index is 0.221. The highest BCUT2D eigenvalue weighted by Crippen LogP contribution is 2.43. The minimum Gasteiger partial charge on any atom is -0.503 e. The molecule has 0 aliphatic carbocycles. The number of hydrogen-bond acceptors (Lipinski definition) is 5. The molecule has 0 fully saturated rings. The Kier molecular flexibility index (Phi) is 6.54. The van der Waals surface area contributed by atoms with Crippen LogP contribution in [-0.4, -0.2) is 43.8 Å². The first-order chi connectivity index (χ1) is 16.1. The van der Waals surface area contributed by atoms with E-state index in [1.54, 1.807) is 26.2 Å². The molecule has 3 aromatic carbocycles. The van der Waals surface area contributed by atoms with Crippen molar-refractivity contribution < 1.29 is 24.1 Å². The maximum Gasteiger partial charge on any atom is 0.289 e. The zero-order valence-electron chi connectivity index (χ0n) is 18.9. The van der Waals surface area contributed by atoms with E-state index in [0.717, 1.165) is 16.7 Å². The van der Waals surface area contributed by atoms with Crippen LogP contribution in [0.1, 0.15) is 22.7 Å². The average molecular weight is 446 g/mol. The summed E-state index contributed by atoms with van der Waals surface area (Å²) in [5.41, 5.74) is 3.32. The van der Waals surface area contributed by atoms with Gasteiger partial charge in [0.15, 0.2) is 17.3 Å². The van der Waals surface area contributed by atoms with Crippen molar-refractivity contribution in [3.05, 3.63) is 95.2 Å². The fourth-order valence-electron chi connectivity index (χ4n) is 4.22. The van der Waals surface area contributed by atoms with Gasteiger partial charge in [-0.2, -0.15) is 0 Å². The van der Waals surface area contributed by atoms with Gasteiger partial charge in [0.2, 0.25) is 0 Å². The summed E-state index contributed by atoms with van der Waals surface area (Å²) in [6.07, 6.45) is 0.596. The molecule has 33 heavy (non-hydrogen) atoms. The number of benzene rings is 3. The molecule has 4 rings (SSSR count). The number of rotatable bonds is 8. The Hall–Kier alpha value is -3.93. The van der Waals surface area contributed by atoms with Crippen LogP contribution in [0.25, 0.3) is 5.57 Å². The summed E-state index contributed by atoms with van der Waals surface area (Å²) >= 11 is 0. The Morgan fingerprint density at radius 2 is 1.55 bits per heavy atom. The molecule has 1 amide bonds. The van der Waals surface area contributed by atoms with E-state index in [9.17, 15) is 9.90 Å². The van der Waals surface area contributed by atoms with E-state index in [4.69, 9.17) is 14.2 Å². The van der Waals surface area contributed by atoms with E-state index in [1.165, 1.54) is 0 Å². The number of methoxy groups -OCH3 is 3. The summed E-state index contributed by atoms with van der Waals surface area (Å²) in [4.78, 5) is 14.9. The first-order valence-electron chi connectivity index (χ1n) is 10.7. The summed E-state index contributed by atoms with van der Waals surface area (Å²) in [5, 5.41) is 10.9. The zero-order chi connectivity index (χ0) is 23.4. The number of aliphatic hydroxyl groups is 1. The lowest BCUT2D eigenvalue weighted by atomic mass is 9.93. The predicted octanol–water partition coefficient (Wildman–Crippen LogP) is 4.81. The second-order valence-corrected chi connectivity index (χ2v) is 7.74. The average Bonchev–Trinajstić information content (AvgIpc) is 3.12. The number of carbonyl (C=O) groups is 1. The molecule has 1 N–H and O–H groups in total. The van der Waals surface area contributed by atoms with Crippen molar-refractivity contribution in [3.63, 3.8) is 0 Å². The lowest BCUT2D eigenvalue weighted by Crippen LogP contribution is -2.32. The number of carbonyl (C=O) groups excluding carboxylic acids is 1. The van der Waals surface area contributed by atoms with Gasteiger partial charge in [0.05, 0.1) is 27.4 Å². The van der Waals surface area contributed by atoms with Crippen LogP contribution in [0.2, 0.25) is 0 Å². The molecule has 1 unspecified atom stereocenters. The van der Waals surface area contributed by atoms with Crippen LogP contribution < -0.4 is 14.2 Å². The zero-order valence-corrected chi connectivity index (χ0v) is 18.9. The largest absolute Gasteiger partial charge is 0.503 e. The number of amides is 1. The van der Waals surface area contributed by atoms with Crippen LogP contribution in [0.3, 0.4) is 0 Å². The third-order valence-corrected chi connectivity index (χ3v) is 5.91. The van der Waals surface area contributed by atoms with Crippen LogP contribution in [0, 0.1) is 0 Å². The predicted molar refractivity (Wildman–Crippen MR) is 127 cm³/mol. The van der Waals surface area contributed by atoms with Gasteiger partial charge in [0.25, 0.3) is 5.91 Å². The number of nitrogens with zero attached hydrogens (tertiary/aromatic N) is 1. The fraction of sp³-hybridized carbons (Fsp3) is 0.222. The fourth-order valence-corrected chi connectivity index (χ4v) is 4.22. The van der Waals surface area contributed by atoms with E-state index < -0.39 is 6.04 Å². The van der Waals surface area contributed by atoms with Crippen LogP contribution in [0.15, 0.2) is 78.6 Å². The van der Waals surface area contributed by atoms with Gasteiger partial charge in [-0.1, -0.05) is 48.5 Å². The third-order valence-electron chi connectivity index (χ3n) is 5.91. The van der Waals surface area contributed by atoms with Crippen LogP contribution in [0.4, 0.5) is 0 Å². The first kappa shape index (κ1) is 22.3. The van der Waals surface area contributed by atoms with E-state index in [2.05, 4.69) is 0 Å². The molecule has 3 aromatic rings. The highest BCUT2D eigenvalue weighted by Gasteiger charge is 2.40. The van der Waals surface area contributed by atoms with Gasteiger partial charge in [-0.15, -0.1) is 0 Å². The summed E-state index contributed by atoms with van der Waals surface area (Å²) in [5.74, 6) is 1.41. The van der Waals surface area contributed by atoms with Gasteiger partial charge < -0.3 is 24.2 Å². The minimum atomic E-state index is -0.396. The molecular formula is C27H27NO5. The summed E-state index contributed by atoms with van der Waals surface area (Å²) < 4.78 is 16.0. The Bertz CT molecular complexity index is 1150. The van der Waals surface area contributed by atoms with Crippen LogP contribution in [-0.2, 0) is 11.2 Å². The van der Waals surface area contributed by atoms with Gasteiger partial charge in [-0.05, 0) is 47.4 Å². The third kappa shape index (κ3) is 4.37. The molecule has 6 heteroatoms. The van der Waals surface area contributed by atoms with Gasteiger partial charge in [-0.3, -0.25) is 4.79 Å². The van der Waals surface area contributed by atoms with Crippen molar-refractivity contribution in [2.75, 3.05) is 27.9 Å². The molecule has 1 heterocycles. The van der Waals surface area contributed by atoms with E-state index in [1.807, 2.05) is 72.8 Å². The Balaban J connectivity index is 1.67. The van der Waals surface area contributed by atoms with E-state index in [0.29, 0.717) is 35.8 Å². The molecule has 0 saturated heterocycles. The molecule has 1 aliphatic rings. The van der Waals surface area contributed by atoms with E-state index >= 15 is 0 Å². The van der Waals surface area contributed by atoms with Crippen molar-refractivity contribution in [2.45, 2.75) is 12.5 Å². The molecule has 170 valence electrons. The number of hydrogen-bond donors (Lipinski definition) is 1. The molecule has 6 nitrogen and oxygen atoms in total. The molecule has 0 radical (unpaired) electrons. The van der Waals surface area contributed by atoms with Crippen molar-refractivity contribution >= 4 is 11.5 Å². The Morgan fingerprint density at radius 3 is 2.18 bits per heavy atom. The molecule has 0 spiro atoms. The lowest BCUT2D eigenvalue weighted by Gasteiger charge is -2.27. The lowest BCUT2D eigenvalue weighted by molar-refractivity contribution is -0.129. The van der Waals surface area contributed by atoms with Gasteiger partial charge in [0.1, 0.15) is 5.75 Å². The molecule has 1 atom stereocenters. The normalized spacial score (nSPS) is 15.7. The smallest absolute Gasteiger partial charge is 0.289 e. The van der Waals surface area contributed by atoms with Crippen molar-refractivity contribution in [3.8, 4) is 17.2 Å². The van der Waals surface area contributed by atoms with Gasteiger partial charge in [-0.25, -0.2) is 0 Å². The maximum absolute atomic E-state index is 13.2. The summed E-state index contributed by atoms with van der Waals surface area (Å²) in [7, 11) is 4.80. The topological polar surface area (TPSA) is 68.2 Å². The molecule has 1 aliphatic heterocycles. The number of ether oxygens (including phenoxy) is 3. The summed E-state index contributed by atoms with van der Waals surface area (Å²) in [6, 6.07) is 22.5. The molecule has 0 saturated carbocycles. The second-order valence-electron chi connectivity index (χ2n) is 7.74. The van der Waals surface area contributed by atoms with Crippen molar-refractivity contribution in [1.29, 1.82) is 0 Å². The highest BCUT2D eigenvalue weighted by molar-refractivity contribution is 6.05. The van der Waals surface area contributed by atoms with Crippen LogP contribution in [0.5, 0.6) is 17.2 Å². The molecule has 0 bridgehead atoms. The van der Waals surface area contributed by atoms with E-state index in [-0.39, 0.29) is 11.7 Å². The van der Waals surface area contributed by atoms with Crippen LogP contribution >= 0.6 is 0 Å². The summed E-state index contributed by atoms with van der Waals surface area (Å²) in [6.45, 7) is 0.428. The SMILES string of the molecule is COc1ccc(C2=C(O)C(=O)N(CCc3ccc(OC)c(OC)c3)C2c2ccccc2)cc1.